The maximum atomic E-state index is 6.23. The molecule has 0 bridgehead atoms. The Morgan fingerprint density at radius 2 is 1.96 bits per heavy atom. The Morgan fingerprint density at radius 3 is 2.69 bits per heavy atom. The molecule has 1 aliphatic heterocycles. The number of hydrogen-bond acceptors (Lipinski definition) is 3. The minimum atomic E-state index is 0.516. The van der Waals surface area contributed by atoms with Crippen molar-refractivity contribution in [1.29, 1.82) is 0 Å². The molecule has 6 heteroatoms. The fraction of sp³-hybridized carbons (Fsp3) is 0.450. The minimum absolute atomic E-state index is 0.516. The van der Waals surface area contributed by atoms with Crippen LogP contribution in [0.2, 0.25) is 5.02 Å². The number of nitrogens with zero attached hydrogens (tertiary/aromatic N) is 1. The van der Waals surface area contributed by atoms with Gasteiger partial charge in [0.25, 0.3) is 0 Å². The van der Waals surface area contributed by atoms with Gasteiger partial charge in [-0.2, -0.15) is 0 Å². The fourth-order valence-corrected chi connectivity index (χ4v) is 3.13. The van der Waals surface area contributed by atoms with E-state index in [2.05, 4.69) is 16.7 Å². The number of nitrogens with one attached hydrogen (secondary N) is 2. The molecule has 1 aliphatic rings. The molecule has 2 heterocycles. The lowest BCUT2D eigenvalue weighted by Crippen LogP contribution is -2.39. The zero-order valence-electron chi connectivity index (χ0n) is 14.9. The van der Waals surface area contributed by atoms with Gasteiger partial charge in [0.05, 0.1) is 12.9 Å². The highest BCUT2D eigenvalue weighted by Gasteiger charge is 2.15. The SMILES string of the molecule is Clc1ccccc1CCNC(=NCC1CCOC1)NCCc1ccco1. The van der Waals surface area contributed by atoms with E-state index in [0.717, 1.165) is 74.4 Å². The summed E-state index contributed by atoms with van der Waals surface area (Å²) in [6.45, 7) is 3.98. The standard InChI is InChI=1S/C20H26ClN3O2/c21-19-6-2-1-4-17(19)7-10-22-20(24-14-16-9-13-25-15-16)23-11-8-18-5-3-12-26-18/h1-6,12,16H,7-11,13-15H2,(H2,22,23,24). The van der Waals surface area contributed by atoms with E-state index < -0.39 is 0 Å². The lowest BCUT2D eigenvalue weighted by atomic mass is 10.1. The first kappa shape index (κ1) is 18.8. The second-order valence-corrected chi connectivity index (χ2v) is 6.85. The third kappa shape index (κ3) is 6.07. The Morgan fingerprint density at radius 1 is 1.12 bits per heavy atom. The van der Waals surface area contributed by atoms with Gasteiger partial charge in [-0.25, -0.2) is 0 Å². The van der Waals surface area contributed by atoms with Gasteiger partial charge in [0.1, 0.15) is 5.76 Å². The lowest BCUT2D eigenvalue weighted by molar-refractivity contribution is 0.187. The molecule has 2 N–H and O–H groups in total. The Bertz CT molecular complexity index is 682. The van der Waals surface area contributed by atoms with E-state index in [0.29, 0.717) is 5.92 Å². The summed E-state index contributed by atoms with van der Waals surface area (Å²) in [6.07, 6.45) is 4.46. The van der Waals surface area contributed by atoms with Gasteiger partial charge < -0.3 is 19.8 Å². The second-order valence-electron chi connectivity index (χ2n) is 6.44. The van der Waals surface area contributed by atoms with Crippen molar-refractivity contribution >= 4 is 17.6 Å². The molecule has 3 rings (SSSR count). The molecule has 1 unspecified atom stereocenters. The summed E-state index contributed by atoms with van der Waals surface area (Å²) in [5.41, 5.74) is 1.14. The molecule has 2 aromatic rings. The molecule has 0 amide bonds. The Labute approximate surface area is 159 Å². The summed E-state index contributed by atoms with van der Waals surface area (Å²) in [5.74, 6) is 2.31. The second kappa shape index (κ2) is 10.2. The summed E-state index contributed by atoms with van der Waals surface area (Å²) < 4.78 is 10.8. The van der Waals surface area contributed by atoms with E-state index in [-0.39, 0.29) is 0 Å². The number of rotatable bonds is 8. The molecule has 1 saturated heterocycles. The highest BCUT2D eigenvalue weighted by molar-refractivity contribution is 6.31. The van der Waals surface area contributed by atoms with Crippen LogP contribution in [0.3, 0.4) is 0 Å². The van der Waals surface area contributed by atoms with Gasteiger partial charge in [0.2, 0.25) is 0 Å². The zero-order valence-corrected chi connectivity index (χ0v) is 15.7. The highest BCUT2D eigenvalue weighted by atomic mass is 35.5. The summed E-state index contributed by atoms with van der Waals surface area (Å²) in [4.78, 5) is 4.73. The van der Waals surface area contributed by atoms with Crippen LogP contribution in [0.15, 0.2) is 52.1 Å². The van der Waals surface area contributed by atoms with Crippen molar-refractivity contribution < 1.29 is 9.15 Å². The number of guanidine groups is 1. The zero-order chi connectivity index (χ0) is 18.0. The largest absolute Gasteiger partial charge is 0.469 e. The monoisotopic (exact) mass is 375 g/mol. The van der Waals surface area contributed by atoms with Gasteiger partial charge in [-0.05, 0) is 36.6 Å². The summed E-state index contributed by atoms with van der Waals surface area (Å²) in [7, 11) is 0. The summed E-state index contributed by atoms with van der Waals surface area (Å²) in [5, 5.41) is 7.60. The van der Waals surface area contributed by atoms with Gasteiger partial charge in [-0.15, -0.1) is 0 Å². The first-order chi connectivity index (χ1) is 12.8. The number of hydrogen-bond donors (Lipinski definition) is 2. The average Bonchev–Trinajstić information content (AvgIpc) is 3.34. The van der Waals surface area contributed by atoms with Crippen LogP contribution in [0.25, 0.3) is 0 Å². The number of furan rings is 1. The predicted octanol–water partition coefficient (Wildman–Crippen LogP) is 3.29. The average molecular weight is 376 g/mol. The van der Waals surface area contributed by atoms with E-state index in [4.69, 9.17) is 25.7 Å². The third-order valence-electron chi connectivity index (χ3n) is 4.42. The quantitative estimate of drug-likeness (QED) is 0.549. The van der Waals surface area contributed by atoms with E-state index >= 15 is 0 Å². The van der Waals surface area contributed by atoms with Crippen molar-refractivity contribution in [2.45, 2.75) is 19.3 Å². The highest BCUT2D eigenvalue weighted by Crippen LogP contribution is 2.15. The first-order valence-electron chi connectivity index (χ1n) is 9.17. The molecule has 0 radical (unpaired) electrons. The molecule has 140 valence electrons. The molecular weight excluding hydrogens is 350 g/mol. The fourth-order valence-electron chi connectivity index (χ4n) is 2.90. The normalized spacial score (nSPS) is 17.4. The summed E-state index contributed by atoms with van der Waals surface area (Å²) in [6, 6.07) is 11.8. The van der Waals surface area contributed by atoms with E-state index in [1.54, 1.807) is 6.26 Å². The van der Waals surface area contributed by atoms with Crippen molar-refractivity contribution in [3.63, 3.8) is 0 Å². The van der Waals surface area contributed by atoms with Crippen LogP contribution in [0.1, 0.15) is 17.7 Å². The van der Waals surface area contributed by atoms with Crippen LogP contribution in [-0.2, 0) is 17.6 Å². The number of aliphatic imine (C=N–C) groups is 1. The molecule has 1 aromatic carbocycles. The molecule has 1 fully saturated rings. The maximum absolute atomic E-state index is 6.23. The molecule has 0 spiro atoms. The van der Waals surface area contributed by atoms with Gasteiger partial charge in [0.15, 0.2) is 5.96 Å². The summed E-state index contributed by atoms with van der Waals surface area (Å²) >= 11 is 6.23. The predicted molar refractivity (Wildman–Crippen MR) is 105 cm³/mol. The van der Waals surface area contributed by atoms with Gasteiger partial charge in [0, 0.05) is 43.6 Å². The smallest absolute Gasteiger partial charge is 0.191 e. The van der Waals surface area contributed by atoms with Gasteiger partial charge >= 0.3 is 0 Å². The van der Waals surface area contributed by atoms with Crippen LogP contribution >= 0.6 is 11.6 Å². The van der Waals surface area contributed by atoms with E-state index in [9.17, 15) is 0 Å². The Hall–Kier alpha value is -1.98. The number of ether oxygens (including phenoxy) is 1. The third-order valence-corrected chi connectivity index (χ3v) is 4.79. The van der Waals surface area contributed by atoms with Crippen molar-refractivity contribution in [1.82, 2.24) is 10.6 Å². The molecular formula is C20H26ClN3O2. The molecule has 0 aliphatic carbocycles. The molecule has 1 aromatic heterocycles. The van der Waals surface area contributed by atoms with Crippen LogP contribution in [0.4, 0.5) is 0 Å². The lowest BCUT2D eigenvalue weighted by Gasteiger charge is -2.14. The number of halogens is 1. The van der Waals surface area contributed by atoms with Crippen molar-refractivity contribution in [2.75, 3.05) is 32.8 Å². The van der Waals surface area contributed by atoms with E-state index in [1.807, 2.05) is 30.3 Å². The van der Waals surface area contributed by atoms with Crippen molar-refractivity contribution in [3.8, 4) is 0 Å². The first-order valence-corrected chi connectivity index (χ1v) is 9.55. The van der Waals surface area contributed by atoms with Crippen LogP contribution in [-0.4, -0.2) is 38.8 Å². The van der Waals surface area contributed by atoms with Crippen molar-refractivity contribution in [2.24, 2.45) is 10.9 Å². The molecule has 5 nitrogen and oxygen atoms in total. The maximum Gasteiger partial charge on any atom is 0.191 e. The van der Waals surface area contributed by atoms with E-state index in [1.165, 1.54) is 0 Å². The molecule has 0 saturated carbocycles. The topological polar surface area (TPSA) is 58.8 Å². The van der Waals surface area contributed by atoms with Gasteiger partial charge in [-0.1, -0.05) is 29.8 Å². The van der Waals surface area contributed by atoms with Crippen LogP contribution in [0, 0.1) is 5.92 Å². The van der Waals surface area contributed by atoms with Gasteiger partial charge in [-0.3, -0.25) is 4.99 Å². The minimum Gasteiger partial charge on any atom is -0.469 e. The van der Waals surface area contributed by atoms with Crippen LogP contribution in [0.5, 0.6) is 0 Å². The number of benzene rings is 1. The van der Waals surface area contributed by atoms with Crippen LogP contribution < -0.4 is 10.6 Å². The van der Waals surface area contributed by atoms with Crippen molar-refractivity contribution in [3.05, 3.63) is 59.0 Å². The molecule has 1 atom stereocenters. The Balaban J connectivity index is 1.49. The molecule has 26 heavy (non-hydrogen) atoms. The Kier molecular flexibility index (Phi) is 7.40.